The SMILES string of the molecule is CC1=NN(c2ccc(S(=O)(=O)O)cc2)C(=O)C1N=O. The van der Waals surface area contributed by atoms with Crippen LogP contribution in [0.15, 0.2) is 39.4 Å². The van der Waals surface area contributed by atoms with Gasteiger partial charge in [0.2, 0.25) is 6.04 Å². The van der Waals surface area contributed by atoms with E-state index in [9.17, 15) is 18.1 Å². The molecule has 0 aliphatic carbocycles. The number of amides is 1. The van der Waals surface area contributed by atoms with Gasteiger partial charge in [0.25, 0.3) is 16.0 Å². The molecule has 0 saturated heterocycles. The van der Waals surface area contributed by atoms with Crippen LogP contribution in [0.3, 0.4) is 0 Å². The summed E-state index contributed by atoms with van der Waals surface area (Å²) < 4.78 is 30.6. The highest BCUT2D eigenvalue weighted by Gasteiger charge is 2.35. The lowest BCUT2D eigenvalue weighted by molar-refractivity contribution is -0.117. The first-order valence-corrected chi connectivity index (χ1v) is 6.57. The monoisotopic (exact) mass is 283 g/mol. The van der Waals surface area contributed by atoms with Crippen LogP contribution in [0.1, 0.15) is 6.92 Å². The van der Waals surface area contributed by atoms with E-state index >= 15 is 0 Å². The van der Waals surface area contributed by atoms with Crippen LogP contribution in [0.25, 0.3) is 0 Å². The van der Waals surface area contributed by atoms with Gasteiger partial charge in [0.1, 0.15) is 0 Å². The molecule has 9 heteroatoms. The zero-order valence-electron chi connectivity index (χ0n) is 9.72. The molecule has 0 bridgehead atoms. The number of nitroso groups, excluding NO2 is 1. The number of anilines is 1. The van der Waals surface area contributed by atoms with Crippen molar-refractivity contribution in [2.24, 2.45) is 10.3 Å². The van der Waals surface area contributed by atoms with Crippen molar-refractivity contribution < 1.29 is 17.8 Å². The molecule has 1 amide bonds. The molecular weight excluding hydrogens is 274 g/mol. The molecule has 1 N–H and O–H groups in total. The summed E-state index contributed by atoms with van der Waals surface area (Å²) in [6.45, 7) is 1.50. The Morgan fingerprint density at radius 3 is 2.32 bits per heavy atom. The maximum absolute atomic E-state index is 11.8. The fraction of sp³-hybridized carbons (Fsp3) is 0.200. The molecule has 1 aliphatic heterocycles. The number of hydrazone groups is 1. The Hall–Kier alpha value is -2.13. The van der Waals surface area contributed by atoms with E-state index in [1.54, 1.807) is 0 Å². The molecule has 1 heterocycles. The van der Waals surface area contributed by atoms with Crippen LogP contribution in [0.5, 0.6) is 0 Å². The minimum atomic E-state index is -4.29. The van der Waals surface area contributed by atoms with Crippen molar-refractivity contribution in [1.29, 1.82) is 0 Å². The van der Waals surface area contributed by atoms with Gasteiger partial charge in [0.05, 0.1) is 16.3 Å². The average Bonchev–Trinajstić information content (AvgIpc) is 2.63. The van der Waals surface area contributed by atoms with Gasteiger partial charge in [0.15, 0.2) is 0 Å². The first-order valence-electron chi connectivity index (χ1n) is 5.13. The predicted molar refractivity (Wildman–Crippen MR) is 66.4 cm³/mol. The molecule has 0 aromatic heterocycles. The molecule has 1 aromatic carbocycles. The molecule has 1 aliphatic rings. The van der Waals surface area contributed by atoms with E-state index < -0.39 is 22.1 Å². The minimum Gasteiger partial charge on any atom is -0.282 e. The molecule has 0 radical (unpaired) electrons. The molecule has 2 rings (SSSR count). The topological polar surface area (TPSA) is 116 Å². The molecule has 1 unspecified atom stereocenters. The van der Waals surface area contributed by atoms with E-state index in [-0.39, 0.29) is 16.3 Å². The maximum atomic E-state index is 11.8. The fourth-order valence-electron chi connectivity index (χ4n) is 1.62. The Morgan fingerprint density at radius 2 is 1.89 bits per heavy atom. The quantitative estimate of drug-likeness (QED) is 0.650. The average molecular weight is 283 g/mol. The zero-order chi connectivity index (χ0) is 14.2. The normalized spacial score (nSPS) is 19.5. The third-order valence-corrected chi connectivity index (χ3v) is 3.45. The van der Waals surface area contributed by atoms with Crippen LogP contribution in [0, 0.1) is 4.91 Å². The Balaban J connectivity index is 2.35. The first kappa shape index (κ1) is 13.3. The van der Waals surface area contributed by atoms with E-state index in [0.29, 0.717) is 0 Å². The maximum Gasteiger partial charge on any atom is 0.294 e. The Bertz CT molecular complexity index is 665. The van der Waals surface area contributed by atoms with Crippen LogP contribution in [-0.2, 0) is 14.9 Å². The highest BCUT2D eigenvalue weighted by Crippen LogP contribution is 2.23. The number of carbonyl (C=O) groups excluding carboxylic acids is 1. The third kappa shape index (κ3) is 2.37. The highest BCUT2D eigenvalue weighted by molar-refractivity contribution is 7.85. The van der Waals surface area contributed by atoms with Crippen LogP contribution in [-0.4, -0.2) is 30.6 Å². The third-order valence-electron chi connectivity index (χ3n) is 2.58. The molecule has 0 spiro atoms. The van der Waals surface area contributed by atoms with Gasteiger partial charge >= 0.3 is 0 Å². The van der Waals surface area contributed by atoms with E-state index in [1.165, 1.54) is 19.1 Å². The number of benzene rings is 1. The number of carbonyl (C=O) groups is 1. The predicted octanol–water partition coefficient (Wildman–Crippen LogP) is 0.791. The van der Waals surface area contributed by atoms with Crippen molar-refractivity contribution in [1.82, 2.24) is 0 Å². The van der Waals surface area contributed by atoms with E-state index in [4.69, 9.17) is 4.55 Å². The van der Waals surface area contributed by atoms with E-state index in [2.05, 4.69) is 10.3 Å². The molecule has 19 heavy (non-hydrogen) atoms. The van der Waals surface area contributed by atoms with Crippen molar-refractivity contribution in [3.8, 4) is 0 Å². The van der Waals surface area contributed by atoms with Gasteiger partial charge in [-0.1, -0.05) is 5.18 Å². The van der Waals surface area contributed by atoms with Gasteiger partial charge in [-0.05, 0) is 31.2 Å². The van der Waals surface area contributed by atoms with Gasteiger partial charge in [-0.15, -0.1) is 4.91 Å². The van der Waals surface area contributed by atoms with Crippen LogP contribution < -0.4 is 5.01 Å². The zero-order valence-corrected chi connectivity index (χ0v) is 10.5. The summed E-state index contributed by atoms with van der Waals surface area (Å²) in [5.74, 6) is -0.605. The number of hydrogen-bond acceptors (Lipinski definition) is 6. The summed E-state index contributed by atoms with van der Waals surface area (Å²) in [6, 6.07) is 3.70. The minimum absolute atomic E-state index is 0.263. The summed E-state index contributed by atoms with van der Waals surface area (Å²) in [7, 11) is -4.29. The second-order valence-electron chi connectivity index (χ2n) is 3.87. The Labute approximate surface area is 108 Å². The lowest BCUT2D eigenvalue weighted by Gasteiger charge is -2.12. The fourth-order valence-corrected chi connectivity index (χ4v) is 2.10. The summed E-state index contributed by atoms with van der Waals surface area (Å²) in [6.07, 6.45) is 0. The summed E-state index contributed by atoms with van der Waals surface area (Å²) in [5, 5.41) is 7.52. The standard InChI is InChI=1S/C10H9N3O5S/c1-6-9(12-15)10(14)13(11-6)7-2-4-8(5-3-7)19(16,17)18/h2-5,9H,1H3,(H,16,17,18). The van der Waals surface area contributed by atoms with Crippen LogP contribution >= 0.6 is 0 Å². The Morgan fingerprint density at radius 1 is 1.32 bits per heavy atom. The summed E-state index contributed by atoms with van der Waals surface area (Å²) in [5.41, 5.74) is 0.543. The second kappa shape index (κ2) is 4.52. The number of nitrogens with zero attached hydrogens (tertiary/aromatic N) is 3. The molecular formula is C10H9N3O5S. The highest BCUT2D eigenvalue weighted by atomic mass is 32.2. The molecule has 0 saturated carbocycles. The van der Waals surface area contributed by atoms with Gasteiger partial charge in [0, 0.05) is 0 Å². The summed E-state index contributed by atoms with van der Waals surface area (Å²) >= 11 is 0. The van der Waals surface area contributed by atoms with Crippen molar-refractivity contribution >= 4 is 27.4 Å². The van der Waals surface area contributed by atoms with Gasteiger partial charge < -0.3 is 0 Å². The van der Waals surface area contributed by atoms with Crippen LogP contribution in [0.2, 0.25) is 0 Å². The largest absolute Gasteiger partial charge is 0.294 e. The molecule has 1 atom stereocenters. The number of hydrogen-bond donors (Lipinski definition) is 1. The molecule has 0 fully saturated rings. The van der Waals surface area contributed by atoms with Crippen molar-refractivity contribution in [2.75, 3.05) is 5.01 Å². The molecule has 1 aromatic rings. The van der Waals surface area contributed by atoms with E-state index in [1.807, 2.05) is 0 Å². The number of rotatable bonds is 3. The molecule has 8 nitrogen and oxygen atoms in total. The summed E-state index contributed by atoms with van der Waals surface area (Å²) in [4.78, 5) is 22.0. The van der Waals surface area contributed by atoms with E-state index in [0.717, 1.165) is 17.1 Å². The van der Waals surface area contributed by atoms with Crippen molar-refractivity contribution in [2.45, 2.75) is 17.9 Å². The second-order valence-corrected chi connectivity index (χ2v) is 5.29. The van der Waals surface area contributed by atoms with Crippen LogP contribution in [0.4, 0.5) is 5.69 Å². The molecule has 100 valence electrons. The first-order chi connectivity index (χ1) is 8.84. The smallest absolute Gasteiger partial charge is 0.282 e. The van der Waals surface area contributed by atoms with Crippen molar-refractivity contribution in [3.05, 3.63) is 29.2 Å². The lowest BCUT2D eigenvalue weighted by Crippen LogP contribution is -2.29. The van der Waals surface area contributed by atoms with Gasteiger partial charge in [-0.2, -0.15) is 18.5 Å². The van der Waals surface area contributed by atoms with Gasteiger partial charge in [-0.3, -0.25) is 9.35 Å². The lowest BCUT2D eigenvalue weighted by atomic mass is 10.2. The van der Waals surface area contributed by atoms with Crippen molar-refractivity contribution in [3.63, 3.8) is 0 Å². The van der Waals surface area contributed by atoms with Gasteiger partial charge in [-0.25, -0.2) is 0 Å². The Kier molecular flexibility index (Phi) is 3.16.